The molecule has 8 heteroatoms. The van der Waals surface area contributed by atoms with E-state index in [0.717, 1.165) is 0 Å². The smallest absolute Gasteiger partial charge is 0.338 e. The predicted octanol–water partition coefficient (Wildman–Crippen LogP) is -2.08. The van der Waals surface area contributed by atoms with Crippen molar-refractivity contribution in [2.75, 3.05) is 6.54 Å². The zero-order chi connectivity index (χ0) is 11.1. The Kier molecular flexibility index (Phi) is 5.19. The Balaban J connectivity index is 4.04. The summed E-state index contributed by atoms with van der Waals surface area (Å²) in [6.45, 7) is -0.424. The normalized spacial score (nSPS) is 11.8. The number of hydrogen-bond donors (Lipinski definition) is 4. The molecule has 0 amide bonds. The standard InChI is InChI=1S/C6H10N2O6/c7-2-5(11)14-8-3(6(12)13)1-4(9)10/h3,8H,1-2,7H2,(H,9,10)(H,12,13)/t3-/m0/s1. The predicted molar refractivity (Wildman–Crippen MR) is 42.0 cm³/mol. The molecule has 0 aliphatic carbocycles. The fourth-order valence-corrected chi connectivity index (χ4v) is 0.533. The fourth-order valence-electron chi connectivity index (χ4n) is 0.533. The van der Waals surface area contributed by atoms with Crippen molar-refractivity contribution >= 4 is 17.9 Å². The fraction of sp³-hybridized carbons (Fsp3) is 0.500. The number of nitrogens with one attached hydrogen (secondary N) is 1. The molecule has 0 aromatic carbocycles. The van der Waals surface area contributed by atoms with Crippen molar-refractivity contribution in [2.24, 2.45) is 5.73 Å². The molecule has 0 aliphatic rings. The Morgan fingerprint density at radius 3 is 2.29 bits per heavy atom. The van der Waals surface area contributed by atoms with Crippen LogP contribution in [0.2, 0.25) is 0 Å². The maximum absolute atomic E-state index is 10.5. The van der Waals surface area contributed by atoms with Crippen LogP contribution in [-0.4, -0.2) is 40.7 Å². The quantitative estimate of drug-likeness (QED) is 0.363. The highest BCUT2D eigenvalue weighted by Crippen LogP contribution is 1.92. The first-order valence-electron chi connectivity index (χ1n) is 3.57. The summed E-state index contributed by atoms with van der Waals surface area (Å²) >= 11 is 0. The minimum Gasteiger partial charge on any atom is -0.481 e. The number of carboxylic acids is 2. The van der Waals surface area contributed by atoms with Gasteiger partial charge < -0.3 is 20.8 Å². The molecular weight excluding hydrogens is 196 g/mol. The van der Waals surface area contributed by atoms with E-state index in [2.05, 4.69) is 4.84 Å². The second-order valence-electron chi connectivity index (χ2n) is 2.28. The van der Waals surface area contributed by atoms with Crippen LogP contribution < -0.4 is 11.2 Å². The summed E-state index contributed by atoms with van der Waals surface area (Å²) in [6.07, 6.45) is -0.701. The SMILES string of the molecule is NCC(=O)ON[C@@H](CC(=O)O)C(=O)O. The van der Waals surface area contributed by atoms with Crippen LogP contribution in [0, 0.1) is 0 Å². The molecule has 0 aromatic rings. The van der Waals surface area contributed by atoms with Crippen LogP contribution in [-0.2, 0) is 19.2 Å². The minimum absolute atomic E-state index is 0.424. The van der Waals surface area contributed by atoms with Gasteiger partial charge in [0.2, 0.25) is 0 Å². The minimum atomic E-state index is -1.48. The van der Waals surface area contributed by atoms with Crippen molar-refractivity contribution in [1.82, 2.24) is 5.48 Å². The molecule has 0 heterocycles. The van der Waals surface area contributed by atoms with Crippen LogP contribution >= 0.6 is 0 Å². The summed E-state index contributed by atoms with van der Waals surface area (Å²) in [5.74, 6) is -3.63. The van der Waals surface area contributed by atoms with E-state index < -0.39 is 36.9 Å². The van der Waals surface area contributed by atoms with Crippen LogP contribution in [0.5, 0.6) is 0 Å². The number of carbonyl (C=O) groups is 3. The largest absolute Gasteiger partial charge is 0.481 e. The van der Waals surface area contributed by atoms with Gasteiger partial charge in [0.15, 0.2) is 6.04 Å². The molecule has 0 aliphatic heterocycles. The van der Waals surface area contributed by atoms with E-state index in [0.29, 0.717) is 0 Å². The van der Waals surface area contributed by atoms with Crippen LogP contribution in [0.1, 0.15) is 6.42 Å². The molecule has 0 spiro atoms. The van der Waals surface area contributed by atoms with Crippen molar-refractivity contribution in [3.05, 3.63) is 0 Å². The van der Waals surface area contributed by atoms with Crippen molar-refractivity contribution in [1.29, 1.82) is 0 Å². The maximum atomic E-state index is 10.5. The zero-order valence-electron chi connectivity index (χ0n) is 7.10. The van der Waals surface area contributed by atoms with Gasteiger partial charge in [0.05, 0.1) is 13.0 Å². The van der Waals surface area contributed by atoms with Gasteiger partial charge in [-0.05, 0) is 0 Å². The number of rotatable bonds is 6. The van der Waals surface area contributed by atoms with E-state index in [1.165, 1.54) is 0 Å². The van der Waals surface area contributed by atoms with E-state index in [4.69, 9.17) is 15.9 Å². The molecule has 1 atom stereocenters. The summed E-state index contributed by atoms with van der Waals surface area (Å²) in [4.78, 5) is 35.2. The number of carbonyl (C=O) groups excluding carboxylic acids is 1. The van der Waals surface area contributed by atoms with E-state index >= 15 is 0 Å². The van der Waals surface area contributed by atoms with Crippen LogP contribution in [0.3, 0.4) is 0 Å². The highest BCUT2D eigenvalue weighted by molar-refractivity contribution is 5.80. The van der Waals surface area contributed by atoms with Crippen molar-refractivity contribution in [2.45, 2.75) is 12.5 Å². The van der Waals surface area contributed by atoms with Crippen LogP contribution in [0.4, 0.5) is 0 Å². The lowest BCUT2D eigenvalue weighted by molar-refractivity contribution is -0.159. The number of aliphatic carboxylic acids is 2. The average Bonchev–Trinajstić information content (AvgIpc) is 2.10. The summed E-state index contributed by atoms with van der Waals surface area (Å²) in [5, 5.41) is 16.7. The van der Waals surface area contributed by atoms with Gasteiger partial charge in [0.1, 0.15) is 0 Å². The lowest BCUT2D eigenvalue weighted by Gasteiger charge is -2.10. The molecule has 0 bridgehead atoms. The molecule has 0 unspecified atom stereocenters. The van der Waals surface area contributed by atoms with E-state index in [9.17, 15) is 14.4 Å². The maximum Gasteiger partial charge on any atom is 0.338 e. The molecule has 14 heavy (non-hydrogen) atoms. The van der Waals surface area contributed by atoms with Gasteiger partial charge in [0, 0.05) is 0 Å². The Morgan fingerprint density at radius 1 is 1.36 bits per heavy atom. The Hall–Kier alpha value is -1.67. The average molecular weight is 206 g/mol. The number of carboxylic acid groups (broad SMARTS) is 2. The number of hydrogen-bond acceptors (Lipinski definition) is 6. The highest BCUT2D eigenvalue weighted by Gasteiger charge is 2.22. The summed E-state index contributed by atoms with van der Waals surface area (Å²) in [5.41, 5.74) is 6.65. The van der Waals surface area contributed by atoms with Gasteiger partial charge in [-0.25, -0.2) is 4.79 Å². The van der Waals surface area contributed by atoms with Crippen LogP contribution in [0.15, 0.2) is 0 Å². The molecule has 0 saturated heterocycles. The summed E-state index contributed by atoms with van der Waals surface area (Å²) < 4.78 is 0. The first-order chi connectivity index (χ1) is 6.47. The third kappa shape index (κ3) is 5.06. The van der Waals surface area contributed by atoms with Gasteiger partial charge >= 0.3 is 17.9 Å². The molecule has 0 fully saturated rings. The first-order valence-corrected chi connectivity index (χ1v) is 3.57. The third-order valence-corrected chi connectivity index (χ3v) is 1.16. The van der Waals surface area contributed by atoms with Gasteiger partial charge in [-0.2, -0.15) is 0 Å². The molecule has 8 nitrogen and oxygen atoms in total. The molecule has 0 rings (SSSR count). The Labute approximate surface area is 78.6 Å². The third-order valence-electron chi connectivity index (χ3n) is 1.16. The van der Waals surface area contributed by atoms with Crippen LogP contribution in [0.25, 0.3) is 0 Å². The van der Waals surface area contributed by atoms with Gasteiger partial charge in [0.25, 0.3) is 0 Å². The summed E-state index contributed by atoms with van der Waals surface area (Å²) in [6, 6.07) is -1.48. The molecule has 0 aromatic heterocycles. The topological polar surface area (TPSA) is 139 Å². The van der Waals surface area contributed by atoms with Crippen molar-refractivity contribution in [3.63, 3.8) is 0 Å². The van der Waals surface area contributed by atoms with Gasteiger partial charge in [-0.15, -0.1) is 5.48 Å². The molecule has 5 N–H and O–H groups in total. The summed E-state index contributed by atoms with van der Waals surface area (Å²) in [7, 11) is 0. The van der Waals surface area contributed by atoms with Gasteiger partial charge in [-0.3, -0.25) is 9.59 Å². The molecular formula is C6H10N2O6. The lowest BCUT2D eigenvalue weighted by Crippen LogP contribution is -2.40. The van der Waals surface area contributed by atoms with Crippen molar-refractivity contribution < 1.29 is 29.4 Å². The molecule has 0 saturated carbocycles. The zero-order valence-corrected chi connectivity index (χ0v) is 7.10. The second-order valence-corrected chi connectivity index (χ2v) is 2.28. The first kappa shape index (κ1) is 12.3. The monoisotopic (exact) mass is 206 g/mol. The van der Waals surface area contributed by atoms with E-state index in [-0.39, 0.29) is 0 Å². The number of nitrogens with two attached hydrogens (primary N) is 1. The van der Waals surface area contributed by atoms with Crippen molar-refractivity contribution in [3.8, 4) is 0 Å². The second kappa shape index (κ2) is 5.89. The van der Waals surface area contributed by atoms with Gasteiger partial charge in [-0.1, -0.05) is 0 Å². The Morgan fingerprint density at radius 2 is 1.93 bits per heavy atom. The molecule has 0 radical (unpaired) electrons. The number of hydroxylamine groups is 1. The Bertz CT molecular complexity index is 240. The van der Waals surface area contributed by atoms with E-state index in [1.807, 2.05) is 0 Å². The lowest BCUT2D eigenvalue weighted by atomic mass is 10.2. The molecule has 80 valence electrons. The highest BCUT2D eigenvalue weighted by atomic mass is 16.7. The van der Waals surface area contributed by atoms with E-state index in [1.54, 1.807) is 5.48 Å².